The van der Waals surface area contributed by atoms with Crippen molar-refractivity contribution in [3.8, 4) is 0 Å². The molecule has 28 heteroatoms. The molecule has 2 amide bonds. The molecule has 1 fully saturated rings. The fraction of sp³-hybridized carbons (Fsp3) is 0.667. The number of fused-ring (bicyclic) bond motifs is 1. The Labute approximate surface area is 412 Å². The molecular formula is C42H70N7O17P3S. The lowest BCUT2D eigenvalue weighted by Gasteiger charge is -2.30. The maximum absolute atomic E-state index is 12.7. The Kier molecular flexibility index (Phi) is 26.8. The number of nitrogens with one attached hydrogen (secondary N) is 2. The molecule has 3 rings (SSSR count). The topological polar surface area (TPSA) is 364 Å². The SMILES string of the molecule is CCC/C=C/C/C=C/CCCCCCC/C=C/CCCC(=O)SCCNC(=O)CCNC(=O)C(O)C(C)(C)COP(=O)(O)OP(=O)(O)OCC1OC(n2cnc3c(N)ncnc32)C(O)C1OP(=O)(O)O. The molecule has 0 bridgehead atoms. The number of rotatable bonds is 35. The van der Waals surface area contributed by atoms with Gasteiger partial charge in [0, 0.05) is 37.1 Å². The number of allylic oxidation sites excluding steroid dienone is 6. The van der Waals surface area contributed by atoms with E-state index < -0.39 is 84.6 Å². The number of nitrogens with two attached hydrogens (primary N) is 1. The minimum absolute atomic E-state index is 0.0300. The first-order valence-electron chi connectivity index (χ1n) is 23.1. The van der Waals surface area contributed by atoms with Crippen molar-refractivity contribution in [2.75, 3.05) is 37.8 Å². The molecule has 10 N–H and O–H groups in total. The van der Waals surface area contributed by atoms with E-state index in [-0.39, 0.29) is 41.6 Å². The van der Waals surface area contributed by atoms with Crippen LogP contribution in [0.2, 0.25) is 0 Å². The molecule has 3 heterocycles. The van der Waals surface area contributed by atoms with Crippen molar-refractivity contribution in [2.24, 2.45) is 5.41 Å². The molecule has 7 unspecified atom stereocenters. The molecule has 1 aliphatic rings. The van der Waals surface area contributed by atoms with Crippen molar-refractivity contribution in [1.82, 2.24) is 30.2 Å². The number of carbonyl (C=O) groups is 3. The number of ether oxygens (including phenoxy) is 1. The zero-order chi connectivity index (χ0) is 51.8. The summed E-state index contributed by atoms with van der Waals surface area (Å²) in [5, 5.41) is 26.6. The minimum atomic E-state index is -5.58. The largest absolute Gasteiger partial charge is 0.481 e. The van der Waals surface area contributed by atoms with Crippen LogP contribution in [0, 0.1) is 5.41 Å². The Hall–Kier alpha value is -3.22. The lowest BCUT2D eigenvalue weighted by Crippen LogP contribution is -2.46. The smallest absolute Gasteiger partial charge is 0.386 e. The van der Waals surface area contributed by atoms with Crippen LogP contribution in [0.25, 0.3) is 11.2 Å². The van der Waals surface area contributed by atoms with Crippen molar-refractivity contribution in [2.45, 2.75) is 141 Å². The lowest BCUT2D eigenvalue weighted by molar-refractivity contribution is -0.137. The number of imidazole rings is 1. The van der Waals surface area contributed by atoms with E-state index in [0.29, 0.717) is 12.2 Å². The van der Waals surface area contributed by atoms with Gasteiger partial charge in [-0.15, -0.1) is 0 Å². The van der Waals surface area contributed by atoms with Crippen molar-refractivity contribution < 1.29 is 80.5 Å². The van der Waals surface area contributed by atoms with Crippen LogP contribution >= 0.6 is 35.2 Å². The molecule has 0 spiro atoms. The first-order valence-corrected chi connectivity index (χ1v) is 28.6. The Morgan fingerprint density at radius 2 is 1.50 bits per heavy atom. The second kappa shape index (κ2) is 30.7. The summed E-state index contributed by atoms with van der Waals surface area (Å²) in [6.07, 6.45) is 20.0. The molecule has 2 aromatic heterocycles. The van der Waals surface area contributed by atoms with E-state index in [1.807, 2.05) is 0 Å². The second-order valence-electron chi connectivity index (χ2n) is 17.0. The third kappa shape index (κ3) is 23.1. The standard InChI is InChI=1S/C42H70N7O17P3S/c1-4-5-6-7-8-9-10-11-12-13-14-15-16-17-18-19-20-21-22-33(51)70-26-25-44-32(50)23-24-45-40(54)37(53)42(2,3)28-63-69(60,61)66-68(58,59)62-27-31-36(65-67(55,56)57)35(52)41(64-31)49-30-48-34-38(43)46-29-47-39(34)49/h6-7,9-10,18-19,29-31,35-37,41,52-53H,4-5,8,11-17,20-28H2,1-3H3,(H,44,50)(H,45,54)(H,58,59)(H,60,61)(H2,43,46,47)(H2,55,56,57)/b7-6+,10-9+,19-18+. The molecule has 70 heavy (non-hydrogen) atoms. The van der Waals surface area contributed by atoms with Gasteiger partial charge < -0.3 is 50.9 Å². The summed E-state index contributed by atoms with van der Waals surface area (Å²) in [6.45, 7) is 2.72. The van der Waals surface area contributed by atoms with Gasteiger partial charge in [0.15, 0.2) is 22.8 Å². The zero-order valence-corrected chi connectivity index (χ0v) is 43.2. The van der Waals surface area contributed by atoms with E-state index >= 15 is 0 Å². The lowest BCUT2D eigenvalue weighted by atomic mass is 9.87. The average Bonchev–Trinajstić information content (AvgIpc) is 3.85. The number of nitrogen functional groups attached to an aromatic ring is 1. The predicted molar refractivity (Wildman–Crippen MR) is 260 cm³/mol. The highest BCUT2D eigenvalue weighted by Gasteiger charge is 2.50. The highest BCUT2D eigenvalue weighted by Crippen LogP contribution is 2.61. The molecule has 0 saturated carbocycles. The first-order chi connectivity index (χ1) is 33.1. The number of unbranched alkanes of at least 4 members (excludes halogenated alkanes) is 8. The van der Waals surface area contributed by atoms with Crippen molar-refractivity contribution in [3.05, 3.63) is 49.1 Å². The number of phosphoric ester groups is 3. The van der Waals surface area contributed by atoms with Gasteiger partial charge in [-0.1, -0.05) is 94.7 Å². The molecule has 0 radical (unpaired) electrons. The summed E-state index contributed by atoms with van der Waals surface area (Å²) in [7, 11) is -16.4. The van der Waals surface area contributed by atoms with Gasteiger partial charge in [0.1, 0.15) is 36.3 Å². The zero-order valence-electron chi connectivity index (χ0n) is 39.7. The maximum atomic E-state index is 12.7. The molecule has 1 aliphatic heterocycles. The molecule has 396 valence electrons. The number of aromatic nitrogens is 4. The van der Waals surface area contributed by atoms with E-state index in [2.05, 4.69) is 77.8 Å². The van der Waals surface area contributed by atoms with E-state index in [9.17, 15) is 57.9 Å². The third-order valence-electron chi connectivity index (χ3n) is 10.5. The van der Waals surface area contributed by atoms with Crippen LogP contribution in [-0.4, -0.2) is 123 Å². The number of nitrogens with zero attached hydrogens (tertiary/aromatic N) is 4. The maximum Gasteiger partial charge on any atom is 0.481 e. The van der Waals surface area contributed by atoms with Gasteiger partial charge in [-0.25, -0.2) is 28.6 Å². The number of carbonyl (C=O) groups excluding carboxylic acids is 3. The number of hydrogen-bond acceptors (Lipinski definition) is 18. The molecule has 2 aromatic rings. The number of aliphatic hydroxyl groups excluding tert-OH is 2. The quantitative estimate of drug-likeness (QED) is 0.0236. The van der Waals surface area contributed by atoms with Crippen LogP contribution in [0.4, 0.5) is 5.82 Å². The number of phosphoric acid groups is 3. The van der Waals surface area contributed by atoms with Crippen molar-refractivity contribution in [3.63, 3.8) is 0 Å². The van der Waals surface area contributed by atoms with Crippen LogP contribution < -0.4 is 16.4 Å². The molecule has 0 aromatic carbocycles. The van der Waals surface area contributed by atoms with Gasteiger partial charge >= 0.3 is 23.5 Å². The number of thioether (sulfide) groups is 1. The normalized spacial score (nSPS) is 20.1. The predicted octanol–water partition coefficient (Wildman–Crippen LogP) is 5.42. The Balaban J connectivity index is 1.28. The highest BCUT2D eigenvalue weighted by molar-refractivity contribution is 8.13. The van der Waals surface area contributed by atoms with Gasteiger partial charge in [0.05, 0.1) is 19.5 Å². The average molecular weight is 1070 g/mol. The van der Waals surface area contributed by atoms with Gasteiger partial charge in [0.2, 0.25) is 11.8 Å². The fourth-order valence-electron chi connectivity index (χ4n) is 6.70. The number of anilines is 1. The molecule has 1 saturated heterocycles. The van der Waals surface area contributed by atoms with E-state index in [1.54, 1.807) is 0 Å². The van der Waals surface area contributed by atoms with Crippen LogP contribution in [0.3, 0.4) is 0 Å². The molecule has 0 aliphatic carbocycles. The van der Waals surface area contributed by atoms with Crippen LogP contribution in [0.15, 0.2) is 49.1 Å². The van der Waals surface area contributed by atoms with Gasteiger partial charge in [0.25, 0.3) is 0 Å². The number of aliphatic hydroxyl groups is 2. The molecule has 24 nitrogen and oxygen atoms in total. The van der Waals surface area contributed by atoms with Gasteiger partial charge in [-0.2, -0.15) is 4.31 Å². The summed E-state index contributed by atoms with van der Waals surface area (Å²) in [4.78, 5) is 88.4. The van der Waals surface area contributed by atoms with E-state index in [1.165, 1.54) is 46.0 Å². The van der Waals surface area contributed by atoms with Crippen LogP contribution in [-0.2, 0) is 50.7 Å². The highest BCUT2D eigenvalue weighted by atomic mass is 32.2. The number of hydrogen-bond donors (Lipinski definition) is 9. The summed E-state index contributed by atoms with van der Waals surface area (Å²) in [5.74, 6) is -1.06. The van der Waals surface area contributed by atoms with Crippen LogP contribution in [0.1, 0.15) is 117 Å². The Morgan fingerprint density at radius 1 is 0.871 bits per heavy atom. The van der Waals surface area contributed by atoms with E-state index in [4.69, 9.17) is 19.5 Å². The minimum Gasteiger partial charge on any atom is -0.386 e. The molecular weight excluding hydrogens is 999 g/mol. The summed E-state index contributed by atoms with van der Waals surface area (Å²) >= 11 is 1.13. The molecule has 7 atom stereocenters. The second-order valence-corrected chi connectivity index (χ2v) is 22.4. The summed E-state index contributed by atoms with van der Waals surface area (Å²) in [6, 6.07) is 0. The monoisotopic (exact) mass is 1070 g/mol. The Morgan fingerprint density at radius 3 is 2.17 bits per heavy atom. The van der Waals surface area contributed by atoms with Crippen LogP contribution in [0.5, 0.6) is 0 Å². The van der Waals surface area contributed by atoms with Gasteiger partial charge in [-0.05, 0) is 51.4 Å². The summed E-state index contributed by atoms with van der Waals surface area (Å²) < 4.78 is 62.5. The number of amides is 2. The van der Waals surface area contributed by atoms with Crippen molar-refractivity contribution >= 4 is 69.1 Å². The van der Waals surface area contributed by atoms with E-state index in [0.717, 1.165) is 73.9 Å². The Bertz CT molecular complexity index is 2190. The summed E-state index contributed by atoms with van der Waals surface area (Å²) in [5.41, 5.74) is 4.28. The van der Waals surface area contributed by atoms with Gasteiger partial charge in [-0.3, -0.25) is 32.5 Å². The third-order valence-corrected chi connectivity index (χ3v) is 14.5. The first kappa shape index (κ1) is 61.1. The van der Waals surface area contributed by atoms with Crippen molar-refractivity contribution in [1.29, 1.82) is 0 Å². The fourth-order valence-corrected chi connectivity index (χ4v) is 10.2.